The normalized spacial score (nSPS) is 34.8. The molecular formula is C39H69NO3Si. The van der Waals surface area contributed by atoms with Crippen LogP contribution in [0.4, 0.5) is 5.69 Å². The van der Waals surface area contributed by atoms with Gasteiger partial charge in [-0.15, -0.1) is 0 Å². The molecule has 4 nitrogen and oxygen atoms in total. The Bertz CT molecular complexity index is 870. The van der Waals surface area contributed by atoms with Crippen LogP contribution in [-0.4, -0.2) is 33.7 Å². The summed E-state index contributed by atoms with van der Waals surface area (Å²) >= 11 is 0. The lowest BCUT2D eigenvalue weighted by Crippen LogP contribution is -2.58. The van der Waals surface area contributed by atoms with Gasteiger partial charge in [0.25, 0.3) is 0 Å². The minimum absolute atomic E-state index is 0.226. The van der Waals surface area contributed by atoms with E-state index in [1.807, 2.05) is 0 Å². The Morgan fingerprint density at radius 1 is 0.614 bits per heavy atom. The maximum atomic E-state index is 7.67. The van der Waals surface area contributed by atoms with Crippen LogP contribution >= 0.6 is 0 Å². The Morgan fingerprint density at radius 3 is 1.36 bits per heavy atom. The average Bonchev–Trinajstić information content (AvgIpc) is 2.95. The summed E-state index contributed by atoms with van der Waals surface area (Å²) in [5.74, 6) is 5.62. The van der Waals surface area contributed by atoms with Crippen molar-refractivity contribution in [3.63, 3.8) is 0 Å². The average molecular weight is 628 g/mol. The maximum absolute atomic E-state index is 7.67. The number of hydrogen-bond acceptors (Lipinski definition) is 4. The zero-order valence-electron chi connectivity index (χ0n) is 30.0. The highest BCUT2D eigenvalue weighted by molar-refractivity contribution is 6.60. The zero-order chi connectivity index (χ0) is 31.9. The molecule has 0 radical (unpaired) electrons. The Hall–Kier alpha value is -0.883. The van der Waals surface area contributed by atoms with E-state index in [2.05, 4.69) is 98.0 Å². The highest BCUT2D eigenvalue weighted by atomic mass is 28.4. The lowest BCUT2D eigenvalue weighted by atomic mass is 9.75. The van der Waals surface area contributed by atoms with Gasteiger partial charge in [-0.25, -0.2) is 0 Å². The van der Waals surface area contributed by atoms with Crippen LogP contribution in [0.2, 0.25) is 6.04 Å². The number of para-hydroxylation sites is 1. The summed E-state index contributed by atoms with van der Waals surface area (Å²) in [7, 11) is -3.09. The largest absolute Gasteiger partial charge is 0.501 e. The molecule has 9 unspecified atom stereocenters. The maximum Gasteiger partial charge on any atom is 0.501 e. The quantitative estimate of drug-likeness (QED) is 0.165. The van der Waals surface area contributed by atoms with Crippen molar-refractivity contribution in [1.29, 1.82) is 0 Å². The molecule has 0 saturated heterocycles. The van der Waals surface area contributed by atoms with Gasteiger partial charge in [0.1, 0.15) is 0 Å². The van der Waals surface area contributed by atoms with Gasteiger partial charge in [0, 0.05) is 18.3 Å². The van der Waals surface area contributed by atoms with Crippen LogP contribution in [0, 0.1) is 53.3 Å². The summed E-state index contributed by atoms with van der Waals surface area (Å²) in [5, 5.41) is 3.69. The van der Waals surface area contributed by atoms with Crippen molar-refractivity contribution in [1.82, 2.24) is 0 Å². The molecule has 1 aromatic carbocycles. The first-order valence-corrected chi connectivity index (χ1v) is 20.7. The summed E-state index contributed by atoms with van der Waals surface area (Å²) in [6, 6.07) is 11.5. The molecule has 0 bridgehead atoms. The summed E-state index contributed by atoms with van der Waals surface area (Å²) in [6.45, 7) is 22.6. The number of rotatable bonds is 14. The molecule has 4 rings (SSSR count). The number of benzene rings is 1. The van der Waals surface area contributed by atoms with E-state index in [-0.39, 0.29) is 18.3 Å². The van der Waals surface area contributed by atoms with Crippen LogP contribution in [0.1, 0.15) is 127 Å². The van der Waals surface area contributed by atoms with Gasteiger partial charge in [-0.1, -0.05) is 99.8 Å². The zero-order valence-corrected chi connectivity index (χ0v) is 31.0. The molecule has 5 heteroatoms. The van der Waals surface area contributed by atoms with E-state index < -0.39 is 8.80 Å². The summed E-state index contributed by atoms with van der Waals surface area (Å²) in [4.78, 5) is 0. The van der Waals surface area contributed by atoms with E-state index in [9.17, 15) is 0 Å². The minimum atomic E-state index is -3.09. The first-order chi connectivity index (χ1) is 21.0. The van der Waals surface area contributed by atoms with Crippen LogP contribution in [0.3, 0.4) is 0 Å². The van der Waals surface area contributed by atoms with Crippen molar-refractivity contribution in [3.8, 4) is 0 Å². The molecule has 1 N–H and O–H groups in total. The molecule has 44 heavy (non-hydrogen) atoms. The van der Waals surface area contributed by atoms with E-state index in [0.29, 0.717) is 53.3 Å². The van der Waals surface area contributed by atoms with Crippen molar-refractivity contribution in [2.45, 2.75) is 151 Å². The first-order valence-electron chi connectivity index (χ1n) is 18.8. The molecule has 0 spiro atoms. The van der Waals surface area contributed by atoms with Crippen molar-refractivity contribution in [3.05, 3.63) is 30.3 Å². The van der Waals surface area contributed by atoms with Crippen LogP contribution in [0.5, 0.6) is 0 Å². The number of hydrogen-bond donors (Lipinski definition) is 1. The number of nitrogens with one attached hydrogen (secondary N) is 1. The van der Waals surface area contributed by atoms with E-state index in [4.69, 9.17) is 13.3 Å². The van der Waals surface area contributed by atoms with Crippen molar-refractivity contribution in [2.24, 2.45) is 53.3 Å². The monoisotopic (exact) mass is 628 g/mol. The Labute approximate surface area is 273 Å². The van der Waals surface area contributed by atoms with Crippen LogP contribution in [0.15, 0.2) is 30.3 Å². The van der Waals surface area contributed by atoms with Crippen LogP contribution in [-0.2, 0) is 13.3 Å². The standard InChI is InChI=1S/C39H69NO3Si/c1-27(2)34-19-16-30(7)24-37(34)41-44(23-13-22-40-33-14-11-10-12-15-33,42-38-25-31(8)17-20-35(38)28(3)4)43-39-26-32(9)18-21-36(39)29(5)6/h10-12,14-15,27-32,34-40H,13,16-26H2,1-9H3. The predicted octanol–water partition coefficient (Wildman–Crippen LogP) is 10.9. The fraction of sp³-hybridized carbons (Fsp3) is 0.846. The van der Waals surface area contributed by atoms with Crippen molar-refractivity contribution < 1.29 is 13.3 Å². The van der Waals surface area contributed by atoms with Crippen molar-refractivity contribution >= 4 is 14.5 Å². The van der Waals surface area contributed by atoms with E-state index in [0.717, 1.165) is 38.3 Å². The molecule has 3 aliphatic carbocycles. The molecule has 3 aliphatic rings. The molecule has 252 valence electrons. The third kappa shape index (κ3) is 10.1. The van der Waals surface area contributed by atoms with Gasteiger partial charge in [-0.2, -0.15) is 0 Å². The second-order valence-electron chi connectivity index (χ2n) is 16.5. The molecule has 0 aromatic heterocycles. The Morgan fingerprint density at radius 2 is 1.00 bits per heavy atom. The molecule has 0 amide bonds. The molecule has 1 aromatic rings. The Kier molecular flexibility index (Phi) is 13.7. The van der Waals surface area contributed by atoms with Crippen LogP contribution < -0.4 is 5.32 Å². The van der Waals surface area contributed by atoms with Gasteiger partial charge < -0.3 is 18.6 Å². The minimum Gasteiger partial charge on any atom is -0.385 e. The fourth-order valence-electron chi connectivity index (χ4n) is 8.80. The first kappa shape index (κ1) is 36.0. The second kappa shape index (κ2) is 16.8. The Balaban J connectivity index is 1.69. The van der Waals surface area contributed by atoms with Gasteiger partial charge >= 0.3 is 8.80 Å². The second-order valence-corrected chi connectivity index (χ2v) is 19.1. The lowest BCUT2D eigenvalue weighted by Gasteiger charge is -2.48. The number of anilines is 1. The summed E-state index contributed by atoms with van der Waals surface area (Å²) in [5.41, 5.74) is 1.19. The van der Waals surface area contributed by atoms with E-state index in [1.165, 1.54) is 44.2 Å². The smallest absolute Gasteiger partial charge is 0.385 e. The van der Waals surface area contributed by atoms with Gasteiger partial charge in [0.2, 0.25) is 0 Å². The van der Waals surface area contributed by atoms with Gasteiger partial charge in [0.15, 0.2) is 0 Å². The topological polar surface area (TPSA) is 39.7 Å². The highest BCUT2D eigenvalue weighted by Crippen LogP contribution is 2.44. The molecule has 0 heterocycles. The van der Waals surface area contributed by atoms with Crippen LogP contribution in [0.25, 0.3) is 0 Å². The highest BCUT2D eigenvalue weighted by Gasteiger charge is 2.52. The van der Waals surface area contributed by atoms with E-state index in [1.54, 1.807) is 0 Å². The predicted molar refractivity (Wildman–Crippen MR) is 189 cm³/mol. The summed E-state index contributed by atoms with van der Waals surface area (Å²) < 4.78 is 23.0. The van der Waals surface area contributed by atoms with Crippen molar-refractivity contribution in [2.75, 3.05) is 11.9 Å². The summed E-state index contributed by atoms with van der Waals surface area (Å²) in [6.07, 6.45) is 12.8. The molecular weight excluding hydrogens is 559 g/mol. The molecule has 9 atom stereocenters. The van der Waals surface area contributed by atoms with Gasteiger partial charge in [-0.05, 0) is 110 Å². The SMILES string of the molecule is CC1CCC(C(C)C)C(O[Si](CCCNc2ccccc2)(OC2CC(C)CCC2C(C)C)OC2CC(C)CCC2C(C)C)C1. The third-order valence-electron chi connectivity index (χ3n) is 11.6. The van der Waals surface area contributed by atoms with Gasteiger partial charge in [0.05, 0.1) is 18.3 Å². The van der Waals surface area contributed by atoms with Gasteiger partial charge in [-0.3, -0.25) is 0 Å². The third-order valence-corrected chi connectivity index (χ3v) is 14.6. The molecule has 3 saturated carbocycles. The fourth-order valence-corrected chi connectivity index (χ4v) is 12.1. The van der Waals surface area contributed by atoms with E-state index >= 15 is 0 Å². The molecule has 0 aliphatic heterocycles. The molecule has 3 fully saturated rings. The lowest BCUT2D eigenvalue weighted by molar-refractivity contribution is -0.0955.